The number of hydrogen-bond donors (Lipinski definition) is 1. The first-order valence-corrected chi connectivity index (χ1v) is 9.35. The lowest BCUT2D eigenvalue weighted by molar-refractivity contribution is -0.119. The van der Waals surface area contributed by atoms with Gasteiger partial charge in [0.25, 0.3) is 0 Å². The van der Waals surface area contributed by atoms with Crippen LogP contribution in [0, 0.1) is 6.92 Å². The van der Waals surface area contributed by atoms with Crippen LogP contribution < -0.4 is 10.4 Å². The van der Waals surface area contributed by atoms with E-state index in [9.17, 15) is 19.5 Å². The highest BCUT2D eigenvalue weighted by Gasteiger charge is 2.20. The lowest BCUT2D eigenvalue weighted by atomic mass is 9.98. The lowest BCUT2D eigenvalue weighted by Crippen LogP contribution is -2.13. The lowest BCUT2D eigenvalue weighted by Gasteiger charge is -2.13. The number of phenols is 1. The third kappa shape index (κ3) is 4.78. The predicted octanol–water partition coefficient (Wildman–Crippen LogP) is 3.34. The molecule has 0 fully saturated rings. The number of ether oxygens (including phenoxy) is 2. The van der Waals surface area contributed by atoms with Gasteiger partial charge in [-0.2, -0.15) is 0 Å². The third-order valence-electron chi connectivity index (χ3n) is 4.68. The molecule has 0 radical (unpaired) electrons. The van der Waals surface area contributed by atoms with E-state index in [0.29, 0.717) is 35.8 Å². The smallest absolute Gasteiger partial charge is 0.339 e. The molecule has 2 rings (SSSR count). The van der Waals surface area contributed by atoms with Gasteiger partial charge in [0.05, 0.1) is 6.61 Å². The zero-order valence-corrected chi connectivity index (χ0v) is 16.5. The average molecular weight is 390 g/mol. The average Bonchev–Trinajstić information content (AvgIpc) is 2.67. The van der Waals surface area contributed by atoms with E-state index in [1.54, 1.807) is 6.92 Å². The summed E-state index contributed by atoms with van der Waals surface area (Å²) in [5, 5.41) is 10.8. The number of hydrogen-bond acceptors (Lipinski definition) is 7. The molecular formula is C21H26O7. The number of aldehydes is 1. The van der Waals surface area contributed by atoms with Crippen LogP contribution in [0.25, 0.3) is 11.0 Å². The van der Waals surface area contributed by atoms with Crippen molar-refractivity contribution in [3.8, 4) is 11.5 Å². The van der Waals surface area contributed by atoms with Crippen molar-refractivity contribution in [2.45, 2.75) is 46.0 Å². The zero-order valence-electron chi connectivity index (χ0n) is 16.5. The summed E-state index contributed by atoms with van der Waals surface area (Å²) in [6.07, 6.45) is 3.21. The van der Waals surface area contributed by atoms with Gasteiger partial charge in [0.15, 0.2) is 23.4 Å². The number of Topliss-reactive ketones (excluding diaryl/α,β-unsaturated/α-hetero) is 1. The Hall–Kier alpha value is -2.67. The number of ketones is 1. The van der Waals surface area contributed by atoms with Crippen LogP contribution in [0.5, 0.6) is 11.5 Å². The fraction of sp³-hybridized carbons (Fsp3) is 0.476. The van der Waals surface area contributed by atoms with Gasteiger partial charge in [-0.15, -0.1) is 0 Å². The van der Waals surface area contributed by atoms with Gasteiger partial charge in [-0.25, -0.2) is 4.79 Å². The molecular weight excluding hydrogens is 364 g/mol. The third-order valence-corrected chi connectivity index (χ3v) is 4.68. The first-order chi connectivity index (χ1) is 13.4. The normalized spacial score (nSPS) is 11.0. The molecule has 7 nitrogen and oxygen atoms in total. The maximum Gasteiger partial charge on any atom is 0.339 e. The molecule has 0 saturated heterocycles. The van der Waals surface area contributed by atoms with Crippen LogP contribution in [-0.2, 0) is 16.0 Å². The van der Waals surface area contributed by atoms with E-state index in [4.69, 9.17) is 13.9 Å². The Labute approximate surface area is 163 Å². The van der Waals surface area contributed by atoms with Crippen molar-refractivity contribution in [1.29, 1.82) is 0 Å². The molecule has 0 aliphatic carbocycles. The molecule has 28 heavy (non-hydrogen) atoms. The summed E-state index contributed by atoms with van der Waals surface area (Å²) in [5.74, 6) is -0.180. The second-order valence-corrected chi connectivity index (χ2v) is 6.61. The van der Waals surface area contributed by atoms with Gasteiger partial charge in [-0.3, -0.25) is 9.59 Å². The predicted molar refractivity (Wildman–Crippen MR) is 104 cm³/mol. The highest BCUT2D eigenvalue weighted by molar-refractivity contribution is 6.00. The van der Waals surface area contributed by atoms with Crippen LogP contribution in [0.4, 0.5) is 0 Å². The van der Waals surface area contributed by atoms with Crippen molar-refractivity contribution in [2.24, 2.45) is 0 Å². The minimum Gasteiger partial charge on any atom is -0.504 e. The summed E-state index contributed by atoms with van der Waals surface area (Å²) < 4.78 is 15.7. The second kappa shape index (κ2) is 10.0. The molecule has 0 aliphatic heterocycles. The Bertz CT molecular complexity index is 911. The molecule has 152 valence electrons. The molecule has 7 heteroatoms. The molecule has 1 aromatic heterocycles. The van der Waals surface area contributed by atoms with E-state index in [2.05, 4.69) is 0 Å². The SMILES string of the molecule is CCCCC(=O)CCc1c(C)c2cc(OCCOC)c(O)c(C=O)c2oc1=O. The van der Waals surface area contributed by atoms with Gasteiger partial charge in [-0.1, -0.05) is 13.3 Å². The molecule has 0 spiro atoms. The quantitative estimate of drug-likeness (QED) is 0.356. The molecule has 0 unspecified atom stereocenters. The maximum absolute atomic E-state index is 12.4. The first kappa shape index (κ1) is 21.6. The van der Waals surface area contributed by atoms with Crippen molar-refractivity contribution in [2.75, 3.05) is 20.3 Å². The highest BCUT2D eigenvalue weighted by Crippen LogP contribution is 2.37. The number of aryl methyl sites for hydroxylation is 1. The number of unbranched alkanes of at least 4 members (excludes halogenated alkanes) is 1. The van der Waals surface area contributed by atoms with Crippen LogP contribution in [0.3, 0.4) is 0 Å². The van der Waals surface area contributed by atoms with Gasteiger partial charge in [0, 0.05) is 30.9 Å². The van der Waals surface area contributed by atoms with Crippen molar-refractivity contribution in [1.82, 2.24) is 0 Å². The zero-order chi connectivity index (χ0) is 20.7. The number of aromatic hydroxyl groups is 1. The van der Waals surface area contributed by atoms with E-state index in [1.807, 2.05) is 6.92 Å². The number of phenolic OH excluding ortho intramolecular Hbond substituents is 1. The van der Waals surface area contributed by atoms with Gasteiger partial charge >= 0.3 is 5.63 Å². The Morgan fingerprint density at radius 2 is 2.04 bits per heavy atom. The summed E-state index contributed by atoms with van der Waals surface area (Å²) in [7, 11) is 1.52. The van der Waals surface area contributed by atoms with E-state index >= 15 is 0 Å². The van der Waals surface area contributed by atoms with Crippen molar-refractivity contribution in [3.05, 3.63) is 33.2 Å². The van der Waals surface area contributed by atoms with Crippen LogP contribution in [0.1, 0.15) is 54.1 Å². The number of fused-ring (bicyclic) bond motifs is 1. The standard InChI is InChI=1S/C21H26O7/c1-4-5-6-14(23)7-8-15-13(2)16-11-18(27-10-9-26-3)19(24)17(12-22)20(16)28-21(15)25/h11-12,24H,4-10H2,1-3H3. The number of methoxy groups -OCH3 is 1. The van der Waals surface area contributed by atoms with Crippen molar-refractivity contribution >= 4 is 23.0 Å². The first-order valence-electron chi connectivity index (χ1n) is 9.35. The fourth-order valence-corrected chi connectivity index (χ4v) is 3.02. The van der Waals surface area contributed by atoms with Crippen molar-refractivity contribution in [3.63, 3.8) is 0 Å². The Kier molecular flexibility index (Phi) is 7.75. The summed E-state index contributed by atoms with van der Waals surface area (Å²) in [5.41, 5.74) is 0.256. The van der Waals surface area contributed by atoms with Crippen LogP contribution in [-0.4, -0.2) is 37.5 Å². The molecule has 0 atom stereocenters. The molecule has 0 bridgehead atoms. The topological polar surface area (TPSA) is 103 Å². The number of carbonyl (C=O) groups excluding carboxylic acids is 2. The van der Waals surface area contributed by atoms with E-state index in [1.165, 1.54) is 13.2 Å². The molecule has 1 aromatic carbocycles. The molecule has 0 amide bonds. The van der Waals surface area contributed by atoms with Gasteiger partial charge in [0.2, 0.25) is 0 Å². The van der Waals surface area contributed by atoms with Crippen LogP contribution in [0.15, 0.2) is 15.3 Å². The van der Waals surface area contributed by atoms with E-state index in [0.717, 1.165) is 12.8 Å². The number of rotatable bonds is 11. The largest absolute Gasteiger partial charge is 0.504 e. The van der Waals surface area contributed by atoms with Gasteiger partial charge < -0.3 is 19.0 Å². The summed E-state index contributed by atoms with van der Waals surface area (Å²) in [6.45, 7) is 4.24. The Morgan fingerprint density at radius 3 is 2.68 bits per heavy atom. The number of benzene rings is 1. The minimum atomic E-state index is -0.608. The van der Waals surface area contributed by atoms with Crippen LogP contribution >= 0.6 is 0 Å². The van der Waals surface area contributed by atoms with E-state index in [-0.39, 0.29) is 47.9 Å². The van der Waals surface area contributed by atoms with Gasteiger partial charge in [-0.05, 0) is 31.4 Å². The fourth-order valence-electron chi connectivity index (χ4n) is 3.02. The van der Waals surface area contributed by atoms with Gasteiger partial charge in [0.1, 0.15) is 18.0 Å². The Balaban J connectivity index is 2.45. The minimum absolute atomic E-state index is 0.00940. The summed E-state index contributed by atoms with van der Waals surface area (Å²) in [4.78, 5) is 35.9. The molecule has 1 N–H and O–H groups in total. The van der Waals surface area contributed by atoms with Crippen LogP contribution in [0.2, 0.25) is 0 Å². The Morgan fingerprint density at radius 1 is 1.29 bits per heavy atom. The molecule has 2 aromatic rings. The van der Waals surface area contributed by atoms with E-state index < -0.39 is 5.63 Å². The number of carbonyl (C=O) groups is 2. The monoisotopic (exact) mass is 390 g/mol. The summed E-state index contributed by atoms with van der Waals surface area (Å²) in [6, 6.07) is 1.54. The summed E-state index contributed by atoms with van der Waals surface area (Å²) >= 11 is 0. The molecule has 1 heterocycles. The maximum atomic E-state index is 12.4. The molecule has 0 aliphatic rings. The van der Waals surface area contributed by atoms with Crippen molar-refractivity contribution < 1.29 is 28.6 Å². The highest BCUT2D eigenvalue weighted by atomic mass is 16.5. The second-order valence-electron chi connectivity index (χ2n) is 6.61. The molecule has 0 saturated carbocycles.